The van der Waals surface area contributed by atoms with Gasteiger partial charge in [-0.05, 0) is 35.9 Å². The van der Waals surface area contributed by atoms with Gasteiger partial charge >= 0.3 is 0 Å². The van der Waals surface area contributed by atoms with Crippen molar-refractivity contribution in [3.8, 4) is 0 Å². The van der Waals surface area contributed by atoms with Crippen LogP contribution in [-0.4, -0.2) is 11.5 Å². The van der Waals surface area contributed by atoms with Crippen LogP contribution in [-0.2, 0) is 6.42 Å². The minimum absolute atomic E-state index is 0.188. The van der Waals surface area contributed by atoms with E-state index in [-0.39, 0.29) is 6.04 Å². The standard InChI is InChI=1S/C18H17F2N3/c19-15-8-7-13(12-16(15)20)17-5-3-6-18(23-17)22-11-9-14-4-1-2-10-21-14/h1-8,10,12,17,22-23H,9,11H2. The van der Waals surface area contributed by atoms with Crippen LogP contribution in [0.5, 0.6) is 0 Å². The lowest BCUT2D eigenvalue weighted by molar-refractivity contribution is 0.504. The van der Waals surface area contributed by atoms with E-state index in [9.17, 15) is 8.78 Å². The van der Waals surface area contributed by atoms with E-state index in [0.717, 1.165) is 30.5 Å². The normalized spacial score (nSPS) is 16.6. The van der Waals surface area contributed by atoms with E-state index in [1.54, 1.807) is 12.3 Å². The first kappa shape index (κ1) is 15.2. The van der Waals surface area contributed by atoms with E-state index >= 15 is 0 Å². The number of hydrogen-bond acceptors (Lipinski definition) is 3. The minimum Gasteiger partial charge on any atom is -0.371 e. The molecule has 3 nitrogen and oxygen atoms in total. The fourth-order valence-electron chi connectivity index (χ4n) is 2.41. The number of nitrogens with zero attached hydrogens (tertiary/aromatic N) is 1. The van der Waals surface area contributed by atoms with Crippen LogP contribution in [0.4, 0.5) is 8.78 Å². The Balaban J connectivity index is 1.57. The molecule has 2 N–H and O–H groups in total. The van der Waals surface area contributed by atoms with Crippen molar-refractivity contribution in [3.63, 3.8) is 0 Å². The molecular formula is C18H17F2N3. The molecule has 118 valence electrons. The molecule has 1 aromatic heterocycles. The molecule has 0 radical (unpaired) electrons. The van der Waals surface area contributed by atoms with Crippen molar-refractivity contribution >= 4 is 0 Å². The van der Waals surface area contributed by atoms with Crippen molar-refractivity contribution in [1.82, 2.24) is 15.6 Å². The Morgan fingerprint density at radius 1 is 1.13 bits per heavy atom. The highest BCUT2D eigenvalue weighted by Gasteiger charge is 2.14. The van der Waals surface area contributed by atoms with E-state index in [0.29, 0.717) is 5.56 Å². The number of benzene rings is 1. The number of dihydropyridines is 1. The lowest BCUT2D eigenvalue weighted by Gasteiger charge is -2.23. The SMILES string of the molecule is Fc1ccc(C2C=CC=C(NCCc3ccccn3)N2)cc1F. The average Bonchev–Trinajstić information content (AvgIpc) is 2.59. The van der Waals surface area contributed by atoms with Gasteiger partial charge in [-0.2, -0.15) is 0 Å². The maximum atomic E-state index is 13.4. The van der Waals surface area contributed by atoms with E-state index in [1.165, 1.54) is 6.07 Å². The fraction of sp³-hybridized carbons (Fsp3) is 0.167. The van der Waals surface area contributed by atoms with Gasteiger partial charge < -0.3 is 10.6 Å². The van der Waals surface area contributed by atoms with Gasteiger partial charge in [0, 0.05) is 24.9 Å². The van der Waals surface area contributed by atoms with Gasteiger partial charge in [-0.3, -0.25) is 4.98 Å². The molecule has 3 rings (SSSR count). The molecule has 1 aliphatic rings. The first-order valence-electron chi connectivity index (χ1n) is 7.46. The lowest BCUT2D eigenvalue weighted by atomic mass is 10.0. The second-order valence-corrected chi connectivity index (χ2v) is 5.26. The number of nitrogens with one attached hydrogen (secondary N) is 2. The Labute approximate surface area is 133 Å². The Kier molecular flexibility index (Phi) is 4.66. The molecule has 0 saturated carbocycles. The predicted molar refractivity (Wildman–Crippen MR) is 85.4 cm³/mol. The number of aromatic nitrogens is 1. The minimum atomic E-state index is -0.836. The molecule has 23 heavy (non-hydrogen) atoms. The molecule has 1 aliphatic heterocycles. The molecular weight excluding hydrogens is 296 g/mol. The Morgan fingerprint density at radius 2 is 2.04 bits per heavy atom. The van der Waals surface area contributed by atoms with Gasteiger partial charge in [-0.25, -0.2) is 8.78 Å². The third-order valence-electron chi connectivity index (χ3n) is 3.60. The predicted octanol–water partition coefficient (Wildman–Crippen LogP) is 3.23. The molecule has 5 heteroatoms. The van der Waals surface area contributed by atoms with Gasteiger partial charge in [0.2, 0.25) is 0 Å². The molecule has 0 fully saturated rings. The summed E-state index contributed by atoms with van der Waals surface area (Å²) in [7, 11) is 0. The highest BCUT2D eigenvalue weighted by Crippen LogP contribution is 2.20. The van der Waals surface area contributed by atoms with Crippen molar-refractivity contribution in [2.24, 2.45) is 0 Å². The molecule has 0 aliphatic carbocycles. The van der Waals surface area contributed by atoms with Crippen LogP contribution >= 0.6 is 0 Å². The highest BCUT2D eigenvalue weighted by molar-refractivity contribution is 5.30. The molecule has 2 aromatic rings. The Hall–Kier alpha value is -2.69. The summed E-state index contributed by atoms with van der Waals surface area (Å²) >= 11 is 0. The lowest BCUT2D eigenvalue weighted by Crippen LogP contribution is -2.32. The summed E-state index contributed by atoms with van der Waals surface area (Å²) in [4.78, 5) is 4.27. The van der Waals surface area contributed by atoms with Crippen LogP contribution < -0.4 is 10.6 Å². The van der Waals surface area contributed by atoms with E-state index in [1.807, 2.05) is 36.4 Å². The van der Waals surface area contributed by atoms with Gasteiger partial charge in [0.05, 0.1) is 11.9 Å². The first-order chi connectivity index (χ1) is 11.2. The van der Waals surface area contributed by atoms with Crippen LogP contribution in [0.2, 0.25) is 0 Å². The number of pyridine rings is 1. The van der Waals surface area contributed by atoms with Gasteiger partial charge in [-0.15, -0.1) is 0 Å². The third kappa shape index (κ3) is 3.94. The van der Waals surface area contributed by atoms with Crippen molar-refractivity contribution in [2.75, 3.05) is 6.54 Å². The molecule has 0 amide bonds. The summed E-state index contributed by atoms with van der Waals surface area (Å²) in [5.74, 6) is -0.826. The van der Waals surface area contributed by atoms with Crippen molar-refractivity contribution in [1.29, 1.82) is 0 Å². The van der Waals surface area contributed by atoms with Crippen LogP contribution in [0.15, 0.2) is 66.6 Å². The Bertz CT molecular complexity index is 726. The molecule has 1 atom stereocenters. The van der Waals surface area contributed by atoms with Crippen LogP contribution in [0, 0.1) is 11.6 Å². The van der Waals surface area contributed by atoms with E-state index in [4.69, 9.17) is 0 Å². The summed E-state index contributed by atoms with van der Waals surface area (Å²) in [6.45, 7) is 0.730. The second-order valence-electron chi connectivity index (χ2n) is 5.26. The van der Waals surface area contributed by atoms with E-state index < -0.39 is 11.6 Å². The average molecular weight is 313 g/mol. The Morgan fingerprint density at radius 3 is 2.83 bits per heavy atom. The smallest absolute Gasteiger partial charge is 0.159 e. The summed E-state index contributed by atoms with van der Waals surface area (Å²) < 4.78 is 26.4. The van der Waals surface area contributed by atoms with Crippen LogP contribution in [0.3, 0.4) is 0 Å². The third-order valence-corrected chi connectivity index (χ3v) is 3.60. The quantitative estimate of drug-likeness (QED) is 0.890. The van der Waals surface area contributed by atoms with Gasteiger partial charge in [-0.1, -0.05) is 24.3 Å². The fourth-order valence-corrected chi connectivity index (χ4v) is 2.41. The monoisotopic (exact) mass is 313 g/mol. The number of halogens is 2. The van der Waals surface area contributed by atoms with Crippen molar-refractivity contribution < 1.29 is 8.78 Å². The first-order valence-corrected chi connectivity index (χ1v) is 7.46. The molecule has 1 unspecified atom stereocenters. The van der Waals surface area contributed by atoms with Gasteiger partial charge in [0.25, 0.3) is 0 Å². The number of hydrogen-bond donors (Lipinski definition) is 2. The van der Waals surface area contributed by atoms with Crippen molar-refractivity contribution in [3.05, 3.63) is 89.5 Å². The molecule has 0 saturated heterocycles. The van der Waals surface area contributed by atoms with E-state index in [2.05, 4.69) is 15.6 Å². The maximum absolute atomic E-state index is 13.4. The van der Waals surface area contributed by atoms with Crippen LogP contribution in [0.1, 0.15) is 17.3 Å². The molecule has 0 spiro atoms. The number of allylic oxidation sites excluding steroid dienone is 2. The summed E-state index contributed by atoms with van der Waals surface area (Å²) in [5, 5.41) is 6.54. The molecule has 2 heterocycles. The maximum Gasteiger partial charge on any atom is 0.159 e. The summed E-state index contributed by atoms with van der Waals surface area (Å²) in [6.07, 6.45) is 8.28. The number of rotatable bonds is 5. The zero-order chi connectivity index (χ0) is 16.1. The molecule has 0 bridgehead atoms. The summed E-state index contributed by atoms with van der Waals surface area (Å²) in [5.41, 5.74) is 1.70. The second kappa shape index (κ2) is 7.05. The van der Waals surface area contributed by atoms with Crippen LogP contribution in [0.25, 0.3) is 0 Å². The van der Waals surface area contributed by atoms with Gasteiger partial charge in [0.15, 0.2) is 11.6 Å². The van der Waals surface area contributed by atoms with Gasteiger partial charge in [0.1, 0.15) is 0 Å². The zero-order valence-corrected chi connectivity index (χ0v) is 12.5. The largest absolute Gasteiger partial charge is 0.371 e. The highest BCUT2D eigenvalue weighted by atomic mass is 19.2. The molecule has 1 aromatic carbocycles. The zero-order valence-electron chi connectivity index (χ0n) is 12.5. The summed E-state index contributed by atoms with van der Waals surface area (Å²) in [6, 6.07) is 9.58. The van der Waals surface area contributed by atoms with Crippen molar-refractivity contribution in [2.45, 2.75) is 12.5 Å². The topological polar surface area (TPSA) is 37.0 Å².